The number of likely N-dealkylation sites (N-methyl/N-ethyl adjacent to an activating group) is 1. The minimum Gasteiger partial charge on any atom is -0.489 e. The van der Waals surface area contributed by atoms with Gasteiger partial charge in [0.2, 0.25) is 5.91 Å². The Kier molecular flexibility index (Phi) is 10.6. The molecule has 2 aromatic carbocycles. The zero-order chi connectivity index (χ0) is 30.2. The molecule has 0 saturated carbocycles. The Balaban J connectivity index is 1.50. The second-order valence-electron chi connectivity index (χ2n) is 10.8. The number of halogens is 1. The Morgan fingerprint density at radius 3 is 2.55 bits per heavy atom. The van der Waals surface area contributed by atoms with Crippen LogP contribution in [-0.4, -0.2) is 77.1 Å². The molecule has 9 nitrogen and oxygen atoms in total. The van der Waals surface area contributed by atoms with E-state index in [0.717, 1.165) is 28.0 Å². The summed E-state index contributed by atoms with van der Waals surface area (Å²) in [6.45, 7) is 4.40. The largest absolute Gasteiger partial charge is 0.489 e. The normalized spacial score (nSPS) is 12.1. The van der Waals surface area contributed by atoms with E-state index in [1.54, 1.807) is 23.1 Å². The van der Waals surface area contributed by atoms with Crippen molar-refractivity contribution in [3.8, 4) is 17.0 Å². The van der Waals surface area contributed by atoms with Crippen molar-refractivity contribution in [1.82, 2.24) is 24.9 Å². The maximum atomic E-state index is 13.2. The number of rotatable bonds is 13. The molecule has 42 heavy (non-hydrogen) atoms. The lowest BCUT2D eigenvalue weighted by molar-refractivity contribution is -0.121. The van der Waals surface area contributed by atoms with Gasteiger partial charge in [0.05, 0.1) is 29.4 Å². The Morgan fingerprint density at radius 2 is 1.88 bits per heavy atom. The van der Waals surface area contributed by atoms with E-state index in [1.807, 2.05) is 81.1 Å². The molecule has 0 bridgehead atoms. The average Bonchev–Trinajstić information content (AvgIpc) is 3.38. The molecular weight excluding hydrogens is 554 g/mol. The third-order valence-electron chi connectivity index (χ3n) is 6.57. The highest BCUT2D eigenvalue weighted by Crippen LogP contribution is 2.27. The van der Waals surface area contributed by atoms with Gasteiger partial charge in [0.25, 0.3) is 5.91 Å². The van der Waals surface area contributed by atoms with Gasteiger partial charge in [0, 0.05) is 36.7 Å². The van der Waals surface area contributed by atoms with Crippen molar-refractivity contribution < 1.29 is 19.4 Å². The molecular formula is C32H38ClN5O4. The summed E-state index contributed by atoms with van der Waals surface area (Å²) in [6, 6.07) is 16.5. The van der Waals surface area contributed by atoms with Gasteiger partial charge in [0.15, 0.2) is 0 Å². The van der Waals surface area contributed by atoms with Crippen molar-refractivity contribution >= 4 is 29.1 Å². The Labute approximate surface area is 251 Å². The molecule has 2 aromatic heterocycles. The summed E-state index contributed by atoms with van der Waals surface area (Å²) in [5.41, 5.74) is 5.00. The number of aliphatic hydroxyl groups is 1. The molecule has 0 aliphatic heterocycles. The minimum atomic E-state index is -0.365. The Hall–Kier alpha value is -3.92. The summed E-state index contributed by atoms with van der Waals surface area (Å²) in [5, 5.41) is 15.7. The number of aromatic nitrogens is 2. The quantitative estimate of drug-likeness (QED) is 0.217. The van der Waals surface area contributed by atoms with Crippen LogP contribution in [0.2, 0.25) is 5.02 Å². The molecule has 4 rings (SSSR count). The second-order valence-corrected chi connectivity index (χ2v) is 11.2. The predicted molar refractivity (Wildman–Crippen MR) is 165 cm³/mol. The minimum absolute atomic E-state index is 0.0415. The molecule has 0 radical (unpaired) electrons. The Morgan fingerprint density at radius 1 is 1.12 bits per heavy atom. The molecule has 2 amide bonds. The molecule has 0 saturated heterocycles. The number of nitrogens with one attached hydrogen (secondary N) is 2. The summed E-state index contributed by atoms with van der Waals surface area (Å²) in [5.74, 6) is 0.103. The number of fused-ring (bicyclic) bond motifs is 1. The van der Waals surface area contributed by atoms with Gasteiger partial charge in [-0.3, -0.25) is 9.59 Å². The summed E-state index contributed by atoms with van der Waals surface area (Å²) in [7, 11) is 3.65. The van der Waals surface area contributed by atoms with Crippen LogP contribution in [0.3, 0.4) is 0 Å². The molecule has 0 fully saturated rings. The first-order valence-electron chi connectivity index (χ1n) is 14.0. The van der Waals surface area contributed by atoms with Gasteiger partial charge in [-0.05, 0) is 76.2 Å². The van der Waals surface area contributed by atoms with Crippen molar-refractivity contribution in [2.24, 2.45) is 0 Å². The van der Waals surface area contributed by atoms with Crippen LogP contribution in [0.5, 0.6) is 5.75 Å². The van der Waals surface area contributed by atoms with Crippen LogP contribution in [0.25, 0.3) is 16.9 Å². The fourth-order valence-corrected chi connectivity index (χ4v) is 4.86. The van der Waals surface area contributed by atoms with E-state index in [9.17, 15) is 14.7 Å². The van der Waals surface area contributed by atoms with E-state index in [-0.39, 0.29) is 43.7 Å². The van der Waals surface area contributed by atoms with Crippen molar-refractivity contribution in [3.63, 3.8) is 0 Å². The SMILES string of the molecule is CC(C)Oc1ccc(C(=O)N[C@H](CNC(=O)CN(C)C)Cc2ccc(-c3cn4cccc(CCO)c4n3)cc2)cc1Cl. The average molecular weight is 592 g/mol. The standard InChI is InChI=1S/C32H38ClN5O4/c1-21(2)42-29-12-11-25(17-27(29)33)32(41)35-26(18-34-30(40)20-37(3)4)16-22-7-9-23(10-8-22)28-19-38-14-5-6-24(13-15-39)31(38)36-28/h5-12,14,17,19,21,26,39H,13,15-16,18,20H2,1-4H3,(H,34,40)(H,35,41)/t26-/m0/s1. The molecule has 222 valence electrons. The number of imidazole rings is 1. The maximum absolute atomic E-state index is 13.2. The van der Waals surface area contributed by atoms with E-state index in [1.165, 1.54) is 0 Å². The fourth-order valence-electron chi connectivity index (χ4n) is 4.64. The number of amides is 2. The fraction of sp³-hybridized carbons (Fsp3) is 0.344. The molecule has 0 unspecified atom stereocenters. The number of benzene rings is 2. The third kappa shape index (κ3) is 8.31. The number of nitrogens with zero attached hydrogens (tertiary/aromatic N) is 3. The van der Waals surface area contributed by atoms with E-state index in [4.69, 9.17) is 21.3 Å². The van der Waals surface area contributed by atoms with Crippen LogP contribution >= 0.6 is 11.6 Å². The summed E-state index contributed by atoms with van der Waals surface area (Å²) >= 11 is 6.37. The first-order valence-corrected chi connectivity index (χ1v) is 14.4. The molecule has 2 heterocycles. The van der Waals surface area contributed by atoms with Gasteiger partial charge >= 0.3 is 0 Å². The maximum Gasteiger partial charge on any atom is 0.251 e. The highest BCUT2D eigenvalue weighted by molar-refractivity contribution is 6.32. The van der Waals surface area contributed by atoms with E-state index in [0.29, 0.717) is 29.2 Å². The lowest BCUT2D eigenvalue weighted by Gasteiger charge is -2.21. The smallest absolute Gasteiger partial charge is 0.251 e. The molecule has 4 aromatic rings. The zero-order valence-electron chi connectivity index (χ0n) is 24.4. The Bertz CT molecular complexity index is 1520. The van der Waals surface area contributed by atoms with Crippen LogP contribution in [0, 0.1) is 0 Å². The highest BCUT2D eigenvalue weighted by Gasteiger charge is 2.18. The molecule has 0 spiro atoms. The summed E-state index contributed by atoms with van der Waals surface area (Å²) in [6.07, 6.45) is 4.91. The number of carbonyl (C=O) groups is 2. The van der Waals surface area contributed by atoms with Gasteiger partial charge in [-0.25, -0.2) is 4.98 Å². The number of carbonyl (C=O) groups excluding carboxylic acids is 2. The number of hydrogen-bond acceptors (Lipinski definition) is 6. The first kappa shape index (κ1) is 31.0. The lowest BCUT2D eigenvalue weighted by atomic mass is 10.0. The van der Waals surface area contributed by atoms with Gasteiger partial charge in [-0.2, -0.15) is 0 Å². The van der Waals surface area contributed by atoms with Gasteiger partial charge in [-0.15, -0.1) is 0 Å². The number of aliphatic hydroxyl groups excluding tert-OH is 1. The predicted octanol–water partition coefficient (Wildman–Crippen LogP) is 4.00. The number of ether oxygens (including phenoxy) is 1. The first-order chi connectivity index (χ1) is 20.1. The van der Waals surface area contributed by atoms with E-state index in [2.05, 4.69) is 10.6 Å². The second kappa shape index (κ2) is 14.3. The van der Waals surface area contributed by atoms with E-state index < -0.39 is 0 Å². The van der Waals surface area contributed by atoms with Gasteiger partial charge in [0.1, 0.15) is 11.4 Å². The number of pyridine rings is 1. The highest BCUT2D eigenvalue weighted by atomic mass is 35.5. The molecule has 1 atom stereocenters. The van der Waals surface area contributed by atoms with Gasteiger partial charge < -0.3 is 29.8 Å². The van der Waals surface area contributed by atoms with Crippen LogP contribution in [0.4, 0.5) is 0 Å². The summed E-state index contributed by atoms with van der Waals surface area (Å²) < 4.78 is 7.64. The molecule has 0 aliphatic rings. The van der Waals surface area contributed by atoms with Crippen LogP contribution < -0.4 is 15.4 Å². The van der Waals surface area contributed by atoms with Crippen LogP contribution in [-0.2, 0) is 17.6 Å². The van der Waals surface area contributed by atoms with Crippen molar-refractivity contribution in [3.05, 3.63) is 88.7 Å². The lowest BCUT2D eigenvalue weighted by Crippen LogP contribution is -2.46. The summed E-state index contributed by atoms with van der Waals surface area (Å²) in [4.78, 5) is 32.1. The molecule has 10 heteroatoms. The van der Waals surface area contributed by atoms with Gasteiger partial charge in [-0.1, -0.05) is 41.9 Å². The molecule has 3 N–H and O–H groups in total. The monoisotopic (exact) mass is 591 g/mol. The zero-order valence-corrected chi connectivity index (χ0v) is 25.2. The number of hydrogen-bond donors (Lipinski definition) is 3. The molecule has 0 aliphatic carbocycles. The third-order valence-corrected chi connectivity index (χ3v) is 6.87. The van der Waals surface area contributed by atoms with E-state index >= 15 is 0 Å². The van der Waals surface area contributed by atoms with Crippen LogP contribution in [0.15, 0.2) is 67.0 Å². The van der Waals surface area contributed by atoms with Crippen molar-refractivity contribution in [1.29, 1.82) is 0 Å². The topological polar surface area (TPSA) is 108 Å². The van der Waals surface area contributed by atoms with Crippen molar-refractivity contribution in [2.45, 2.75) is 38.8 Å². The van der Waals surface area contributed by atoms with Crippen molar-refractivity contribution in [2.75, 3.05) is 33.8 Å². The van der Waals surface area contributed by atoms with Crippen LogP contribution in [0.1, 0.15) is 35.3 Å².